The van der Waals surface area contributed by atoms with E-state index in [0.717, 1.165) is 11.3 Å². The van der Waals surface area contributed by atoms with Crippen LogP contribution in [0.5, 0.6) is 0 Å². The van der Waals surface area contributed by atoms with Crippen molar-refractivity contribution in [3.8, 4) is 0 Å². The molecule has 0 bridgehead atoms. The van der Waals surface area contributed by atoms with E-state index in [2.05, 4.69) is 19.2 Å². The second-order valence-corrected chi connectivity index (χ2v) is 8.25. The maximum atomic E-state index is 12.5. The van der Waals surface area contributed by atoms with E-state index >= 15 is 0 Å². The highest BCUT2D eigenvalue weighted by Gasteiger charge is 2.21. The molecule has 0 fully saturated rings. The zero-order chi connectivity index (χ0) is 19.3. The van der Waals surface area contributed by atoms with Gasteiger partial charge in [-0.25, -0.2) is 8.42 Å². The van der Waals surface area contributed by atoms with Crippen LogP contribution in [0.25, 0.3) is 0 Å². The maximum absolute atomic E-state index is 12.5. The summed E-state index contributed by atoms with van der Waals surface area (Å²) in [5.74, 6) is 0.0259. The molecule has 0 radical (unpaired) electrons. The largest absolute Gasteiger partial charge is 0.322 e. The van der Waals surface area contributed by atoms with E-state index in [-0.39, 0.29) is 16.7 Å². The van der Waals surface area contributed by atoms with Gasteiger partial charge in [0.2, 0.25) is 10.0 Å². The van der Waals surface area contributed by atoms with Crippen LogP contribution < -0.4 is 5.32 Å². The standard InChI is InChI=1S/C20H26N2O3S/c1-5-22(6-2)26(24,25)17-13-11-16(12-14-17)20(23)21-19-10-8-7-9-18(19)15(3)4/h7-15H,5-6H2,1-4H3,(H,21,23). The van der Waals surface area contributed by atoms with Crippen LogP contribution in [-0.4, -0.2) is 31.7 Å². The van der Waals surface area contributed by atoms with Gasteiger partial charge in [-0.3, -0.25) is 4.79 Å². The first kappa shape index (κ1) is 20.1. The van der Waals surface area contributed by atoms with Gasteiger partial charge in [-0.05, 0) is 41.8 Å². The number of rotatable bonds is 7. The minimum absolute atomic E-state index is 0.195. The van der Waals surface area contributed by atoms with Crippen molar-refractivity contribution in [3.63, 3.8) is 0 Å². The summed E-state index contributed by atoms with van der Waals surface area (Å²) in [6, 6.07) is 13.7. The third-order valence-electron chi connectivity index (χ3n) is 4.29. The average Bonchev–Trinajstić information content (AvgIpc) is 2.63. The number of nitrogens with one attached hydrogen (secondary N) is 1. The molecule has 2 rings (SSSR count). The minimum Gasteiger partial charge on any atom is -0.322 e. The molecule has 0 aromatic heterocycles. The normalized spacial score (nSPS) is 11.8. The summed E-state index contributed by atoms with van der Waals surface area (Å²) in [6.45, 7) is 8.56. The number of benzene rings is 2. The minimum atomic E-state index is -3.52. The zero-order valence-electron chi connectivity index (χ0n) is 15.7. The Morgan fingerprint density at radius 2 is 1.58 bits per heavy atom. The number of para-hydroxylation sites is 1. The van der Waals surface area contributed by atoms with Gasteiger partial charge in [0.15, 0.2) is 0 Å². The predicted octanol–water partition coefficient (Wildman–Crippen LogP) is 4.09. The fourth-order valence-corrected chi connectivity index (χ4v) is 4.26. The Kier molecular flexibility index (Phi) is 6.56. The van der Waals surface area contributed by atoms with Gasteiger partial charge in [0.1, 0.15) is 0 Å². The van der Waals surface area contributed by atoms with Gasteiger partial charge in [-0.15, -0.1) is 0 Å². The molecule has 1 N–H and O–H groups in total. The lowest BCUT2D eigenvalue weighted by Crippen LogP contribution is -2.30. The smallest absolute Gasteiger partial charge is 0.255 e. The highest BCUT2D eigenvalue weighted by Crippen LogP contribution is 2.24. The molecule has 2 aromatic carbocycles. The first-order chi connectivity index (χ1) is 12.3. The van der Waals surface area contributed by atoms with Gasteiger partial charge in [0, 0.05) is 24.3 Å². The number of amides is 1. The number of anilines is 1. The summed E-state index contributed by atoms with van der Waals surface area (Å²) in [5.41, 5.74) is 2.25. The molecule has 2 aromatic rings. The first-order valence-electron chi connectivity index (χ1n) is 8.81. The van der Waals surface area contributed by atoms with Crippen LogP contribution in [0, 0.1) is 0 Å². The summed E-state index contributed by atoms with van der Waals surface area (Å²) in [6.07, 6.45) is 0. The van der Waals surface area contributed by atoms with Gasteiger partial charge in [-0.2, -0.15) is 4.31 Å². The fourth-order valence-electron chi connectivity index (χ4n) is 2.80. The van der Waals surface area contributed by atoms with Gasteiger partial charge in [0.25, 0.3) is 5.91 Å². The van der Waals surface area contributed by atoms with E-state index < -0.39 is 10.0 Å². The van der Waals surface area contributed by atoms with Crippen molar-refractivity contribution in [2.75, 3.05) is 18.4 Å². The van der Waals surface area contributed by atoms with Gasteiger partial charge < -0.3 is 5.32 Å². The van der Waals surface area contributed by atoms with Crippen LogP contribution in [0.4, 0.5) is 5.69 Å². The Balaban J connectivity index is 2.23. The first-order valence-corrected chi connectivity index (χ1v) is 10.3. The van der Waals surface area contributed by atoms with Crippen LogP contribution in [0.1, 0.15) is 49.5 Å². The molecule has 0 saturated heterocycles. The lowest BCUT2D eigenvalue weighted by Gasteiger charge is -2.18. The Hall–Kier alpha value is -2.18. The number of hydrogen-bond donors (Lipinski definition) is 1. The number of carbonyl (C=O) groups is 1. The van der Waals surface area contributed by atoms with E-state index in [0.29, 0.717) is 18.7 Å². The van der Waals surface area contributed by atoms with Crippen LogP contribution in [0.2, 0.25) is 0 Å². The quantitative estimate of drug-likeness (QED) is 0.794. The van der Waals surface area contributed by atoms with Gasteiger partial charge in [0.05, 0.1) is 4.90 Å². The molecular formula is C20H26N2O3S. The SMILES string of the molecule is CCN(CC)S(=O)(=O)c1ccc(C(=O)Nc2ccccc2C(C)C)cc1. The topological polar surface area (TPSA) is 66.5 Å². The van der Waals surface area contributed by atoms with Crippen molar-refractivity contribution in [2.45, 2.75) is 38.5 Å². The van der Waals surface area contributed by atoms with Gasteiger partial charge in [-0.1, -0.05) is 45.9 Å². The Morgan fingerprint density at radius 3 is 2.12 bits per heavy atom. The van der Waals surface area contributed by atoms with Crippen molar-refractivity contribution in [3.05, 3.63) is 59.7 Å². The third kappa shape index (κ3) is 4.31. The molecule has 0 aliphatic carbocycles. The number of nitrogens with zero attached hydrogens (tertiary/aromatic N) is 1. The van der Waals surface area contributed by atoms with Crippen LogP contribution in [-0.2, 0) is 10.0 Å². The van der Waals surface area contributed by atoms with E-state index in [1.807, 2.05) is 24.3 Å². The monoisotopic (exact) mass is 374 g/mol. The highest BCUT2D eigenvalue weighted by molar-refractivity contribution is 7.89. The molecule has 0 atom stereocenters. The fraction of sp³-hybridized carbons (Fsp3) is 0.350. The van der Waals surface area contributed by atoms with Crippen LogP contribution in [0.15, 0.2) is 53.4 Å². The molecule has 6 heteroatoms. The maximum Gasteiger partial charge on any atom is 0.255 e. The Morgan fingerprint density at radius 1 is 1.00 bits per heavy atom. The summed E-state index contributed by atoms with van der Waals surface area (Å²) < 4.78 is 26.4. The molecule has 0 saturated carbocycles. The number of sulfonamides is 1. The third-order valence-corrected chi connectivity index (χ3v) is 6.35. The molecule has 0 aliphatic heterocycles. The zero-order valence-corrected chi connectivity index (χ0v) is 16.5. The molecule has 0 aliphatic rings. The highest BCUT2D eigenvalue weighted by atomic mass is 32.2. The van der Waals surface area contributed by atoms with Crippen molar-refractivity contribution in [2.24, 2.45) is 0 Å². The molecular weight excluding hydrogens is 348 g/mol. The van der Waals surface area contributed by atoms with Crippen LogP contribution >= 0.6 is 0 Å². The second kappa shape index (κ2) is 8.47. The molecule has 26 heavy (non-hydrogen) atoms. The summed E-state index contributed by atoms with van der Waals surface area (Å²) >= 11 is 0. The summed E-state index contributed by atoms with van der Waals surface area (Å²) in [4.78, 5) is 12.7. The van der Waals surface area contributed by atoms with E-state index in [1.165, 1.54) is 16.4 Å². The van der Waals surface area contributed by atoms with E-state index in [1.54, 1.807) is 26.0 Å². The second-order valence-electron chi connectivity index (χ2n) is 6.31. The van der Waals surface area contributed by atoms with Crippen molar-refractivity contribution in [1.82, 2.24) is 4.31 Å². The van der Waals surface area contributed by atoms with Crippen LogP contribution in [0.3, 0.4) is 0 Å². The summed E-state index contributed by atoms with van der Waals surface area (Å²) in [7, 11) is -3.52. The Bertz CT molecular complexity index is 855. The number of hydrogen-bond acceptors (Lipinski definition) is 3. The lowest BCUT2D eigenvalue weighted by molar-refractivity contribution is 0.102. The molecule has 0 heterocycles. The average molecular weight is 375 g/mol. The van der Waals surface area contributed by atoms with Crippen molar-refractivity contribution in [1.29, 1.82) is 0 Å². The summed E-state index contributed by atoms with van der Waals surface area (Å²) in [5, 5.41) is 2.91. The van der Waals surface area contributed by atoms with Crippen molar-refractivity contribution < 1.29 is 13.2 Å². The van der Waals surface area contributed by atoms with Crippen molar-refractivity contribution >= 4 is 21.6 Å². The van der Waals surface area contributed by atoms with E-state index in [9.17, 15) is 13.2 Å². The van der Waals surface area contributed by atoms with E-state index in [4.69, 9.17) is 0 Å². The predicted molar refractivity (Wildman–Crippen MR) is 105 cm³/mol. The Labute approximate surface area is 156 Å². The molecule has 0 spiro atoms. The molecule has 5 nitrogen and oxygen atoms in total. The molecule has 0 unspecified atom stereocenters. The molecule has 140 valence electrons. The molecule has 1 amide bonds. The lowest BCUT2D eigenvalue weighted by atomic mass is 10.0. The van der Waals surface area contributed by atoms with Gasteiger partial charge >= 0.3 is 0 Å². The number of carbonyl (C=O) groups excluding carboxylic acids is 1.